The maximum atomic E-state index is 5.99. The standard InChI is InChI=1S/C21H16ClN3/c22-19-13-11-17(12-14-19)20-23-21(18-9-5-2-6-10-18)25(24-20)15-16-7-3-1-4-8-16/h1-14H,15H2. The molecule has 3 aromatic carbocycles. The molecule has 0 aliphatic heterocycles. The van der Waals surface area contributed by atoms with Crippen molar-refractivity contribution in [3.8, 4) is 22.8 Å². The van der Waals surface area contributed by atoms with Gasteiger partial charge in [-0.05, 0) is 29.8 Å². The monoisotopic (exact) mass is 345 g/mol. The number of nitrogens with zero attached hydrogens (tertiary/aromatic N) is 3. The first-order valence-electron chi connectivity index (χ1n) is 8.10. The topological polar surface area (TPSA) is 30.7 Å². The Labute approximate surface area is 151 Å². The van der Waals surface area contributed by atoms with Crippen LogP contribution in [0.2, 0.25) is 5.02 Å². The number of halogens is 1. The third-order valence-corrected chi connectivity index (χ3v) is 4.23. The van der Waals surface area contributed by atoms with Gasteiger partial charge < -0.3 is 0 Å². The molecule has 1 heterocycles. The minimum atomic E-state index is 0.672. The molecule has 0 N–H and O–H groups in total. The Morgan fingerprint density at radius 3 is 2.04 bits per heavy atom. The van der Waals surface area contributed by atoms with Crippen LogP contribution in [-0.2, 0) is 6.54 Å². The van der Waals surface area contributed by atoms with Crippen LogP contribution >= 0.6 is 11.6 Å². The number of benzene rings is 3. The Bertz CT molecular complexity index is 961. The fraction of sp³-hybridized carbons (Fsp3) is 0.0476. The lowest BCUT2D eigenvalue weighted by atomic mass is 10.2. The van der Waals surface area contributed by atoms with Gasteiger partial charge in [-0.3, -0.25) is 0 Å². The first-order valence-corrected chi connectivity index (χ1v) is 8.47. The Morgan fingerprint density at radius 2 is 1.36 bits per heavy atom. The summed E-state index contributed by atoms with van der Waals surface area (Å²) in [7, 11) is 0. The molecule has 0 atom stereocenters. The van der Waals surface area contributed by atoms with Crippen LogP contribution in [0.25, 0.3) is 22.8 Å². The normalized spacial score (nSPS) is 10.8. The second kappa shape index (κ2) is 6.91. The second-order valence-electron chi connectivity index (χ2n) is 5.78. The van der Waals surface area contributed by atoms with E-state index < -0.39 is 0 Å². The molecule has 4 rings (SSSR count). The van der Waals surface area contributed by atoms with Crippen molar-refractivity contribution in [3.05, 3.63) is 95.5 Å². The molecule has 0 saturated carbocycles. The molecular weight excluding hydrogens is 330 g/mol. The van der Waals surface area contributed by atoms with Crippen molar-refractivity contribution in [3.63, 3.8) is 0 Å². The van der Waals surface area contributed by atoms with Crippen molar-refractivity contribution in [1.82, 2.24) is 14.8 Å². The lowest BCUT2D eigenvalue weighted by Crippen LogP contribution is -2.04. The van der Waals surface area contributed by atoms with E-state index in [0.717, 1.165) is 17.0 Å². The zero-order chi connectivity index (χ0) is 17.1. The molecule has 0 aliphatic carbocycles. The van der Waals surface area contributed by atoms with Crippen molar-refractivity contribution in [2.24, 2.45) is 0 Å². The molecule has 0 spiro atoms. The maximum absolute atomic E-state index is 5.99. The Morgan fingerprint density at radius 1 is 0.720 bits per heavy atom. The molecule has 0 bridgehead atoms. The molecule has 25 heavy (non-hydrogen) atoms. The fourth-order valence-corrected chi connectivity index (χ4v) is 2.86. The van der Waals surface area contributed by atoms with Crippen LogP contribution in [0.5, 0.6) is 0 Å². The van der Waals surface area contributed by atoms with Gasteiger partial charge >= 0.3 is 0 Å². The molecule has 122 valence electrons. The zero-order valence-corrected chi connectivity index (χ0v) is 14.3. The summed E-state index contributed by atoms with van der Waals surface area (Å²) in [5.41, 5.74) is 3.19. The predicted octanol–water partition coefficient (Wildman–Crippen LogP) is 5.31. The Balaban J connectivity index is 1.79. The predicted molar refractivity (Wildman–Crippen MR) is 101 cm³/mol. The van der Waals surface area contributed by atoms with Crippen LogP contribution in [0.15, 0.2) is 84.9 Å². The second-order valence-corrected chi connectivity index (χ2v) is 6.21. The van der Waals surface area contributed by atoms with Crippen molar-refractivity contribution in [2.75, 3.05) is 0 Å². The SMILES string of the molecule is Clc1ccc(-c2nc(-c3ccccc3)n(Cc3ccccc3)n2)cc1. The molecule has 0 aliphatic rings. The molecular formula is C21H16ClN3. The molecule has 1 aromatic heterocycles. The first-order chi connectivity index (χ1) is 12.3. The van der Waals surface area contributed by atoms with E-state index in [0.29, 0.717) is 17.4 Å². The first kappa shape index (κ1) is 15.6. The maximum Gasteiger partial charge on any atom is 0.181 e. The van der Waals surface area contributed by atoms with Gasteiger partial charge in [0.15, 0.2) is 11.6 Å². The smallest absolute Gasteiger partial charge is 0.181 e. The molecule has 4 heteroatoms. The van der Waals surface area contributed by atoms with E-state index in [1.807, 2.05) is 65.3 Å². The number of rotatable bonds is 4. The van der Waals surface area contributed by atoms with E-state index in [1.54, 1.807) is 0 Å². The highest BCUT2D eigenvalue weighted by atomic mass is 35.5. The Hall–Kier alpha value is -2.91. The van der Waals surface area contributed by atoms with Crippen LogP contribution in [-0.4, -0.2) is 14.8 Å². The van der Waals surface area contributed by atoms with Crippen LogP contribution < -0.4 is 0 Å². The van der Waals surface area contributed by atoms with Gasteiger partial charge in [0.1, 0.15) is 0 Å². The molecule has 4 aromatic rings. The van der Waals surface area contributed by atoms with E-state index in [2.05, 4.69) is 24.3 Å². The highest BCUT2D eigenvalue weighted by Gasteiger charge is 2.13. The van der Waals surface area contributed by atoms with Crippen molar-refractivity contribution in [2.45, 2.75) is 6.54 Å². The van der Waals surface area contributed by atoms with Crippen LogP contribution in [0.4, 0.5) is 0 Å². The summed E-state index contributed by atoms with van der Waals surface area (Å²) in [6.07, 6.45) is 0. The van der Waals surface area contributed by atoms with Crippen molar-refractivity contribution in [1.29, 1.82) is 0 Å². The van der Waals surface area contributed by atoms with Gasteiger partial charge in [0.05, 0.1) is 6.54 Å². The van der Waals surface area contributed by atoms with Crippen molar-refractivity contribution < 1.29 is 0 Å². The lowest BCUT2D eigenvalue weighted by Gasteiger charge is -2.06. The molecule has 0 amide bonds. The van der Waals surface area contributed by atoms with Gasteiger partial charge in [-0.25, -0.2) is 9.67 Å². The molecule has 0 unspecified atom stereocenters. The van der Waals surface area contributed by atoms with Crippen LogP contribution in [0, 0.1) is 0 Å². The minimum absolute atomic E-state index is 0.672. The van der Waals surface area contributed by atoms with Gasteiger partial charge in [-0.2, -0.15) is 5.10 Å². The highest BCUT2D eigenvalue weighted by molar-refractivity contribution is 6.30. The van der Waals surface area contributed by atoms with Gasteiger partial charge in [0.25, 0.3) is 0 Å². The summed E-state index contributed by atoms with van der Waals surface area (Å²) >= 11 is 5.99. The summed E-state index contributed by atoms with van der Waals surface area (Å²) in [6.45, 7) is 0.672. The van der Waals surface area contributed by atoms with E-state index in [9.17, 15) is 0 Å². The Kier molecular flexibility index (Phi) is 4.32. The van der Waals surface area contributed by atoms with E-state index in [4.69, 9.17) is 21.7 Å². The lowest BCUT2D eigenvalue weighted by molar-refractivity contribution is 0.695. The summed E-state index contributed by atoms with van der Waals surface area (Å²) in [5.74, 6) is 1.56. The molecule has 0 radical (unpaired) electrons. The van der Waals surface area contributed by atoms with Gasteiger partial charge in [-0.15, -0.1) is 0 Å². The third kappa shape index (κ3) is 3.47. The number of hydrogen-bond donors (Lipinski definition) is 0. The summed E-state index contributed by atoms with van der Waals surface area (Å²) in [6, 6.07) is 28.0. The molecule has 0 saturated heterocycles. The summed E-state index contributed by atoms with van der Waals surface area (Å²) in [4.78, 5) is 4.79. The largest absolute Gasteiger partial charge is 0.241 e. The zero-order valence-electron chi connectivity index (χ0n) is 13.5. The number of aromatic nitrogens is 3. The van der Waals surface area contributed by atoms with Gasteiger partial charge in [0.2, 0.25) is 0 Å². The van der Waals surface area contributed by atoms with Crippen LogP contribution in [0.3, 0.4) is 0 Å². The van der Waals surface area contributed by atoms with Crippen molar-refractivity contribution >= 4 is 11.6 Å². The number of hydrogen-bond acceptors (Lipinski definition) is 2. The third-order valence-electron chi connectivity index (χ3n) is 3.98. The van der Waals surface area contributed by atoms with E-state index in [-0.39, 0.29) is 0 Å². The highest BCUT2D eigenvalue weighted by Crippen LogP contribution is 2.24. The average Bonchev–Trinajstić information content (AvgIpc) is 3.08. The van der Waals surface area contributed by atoms with E-state index >= 15 is 0 Å². The molecule has 3 nitrogen and oxygen atoms in total. The average molecular weight is 346 g/mol. The van der Waals surface area contributed by atoms with E-state index in [1.165, 1.54) is 5.56 Å². The van der Waals surface area contributed by atoms with Crippen LogP contribution in [0.1, 0.15) is 5.56 Å². The summed E-state index contributed by atoms with van der Waals surface area (Å²) < 4.78 is 1.95. The van der Waals surface area contributed by atoms with Gasteiger partial charge in [-0.1, -0.05) is 72.3 Å². The quantitative estimate of drug-likeness (QED) is 0.501. The van der Waals surface area contributed by atoms with Gasteiger partial charge in [0, 0.05) is 16.1 Å². The molecule has 0 fully saturated rings. The minimum Gasteiger partial charge on any atom is -0.241 e. The summed E-state index contributed by atoms with van der Waals surface area (Å²) in [5, 5.41) is 5.45. The fourth-order valence-electron chi connectivity index (χ4n) is 2.73.